The molecule has 0 saturated heterocycles. The van der Waals surface area contributed by atoms with Crippen molar-refractivity contribution in [2.24, 2.45) is 0 Å². The molecule has 2 N–H and O–H groups in total. The molecule has 0 aliphatic rings. The highest BCUT2D eigenvalue weighted by molar-refractivity contribution is 7.99. The summed E-state index contributed by atoms with van der Waals surface area (Å²) in [7, 11) is 0. The van der Waals surface area contributed by atoms with Crippen molar-refractivity contribution in [1.29, 1.82) is 5.26 Å². The third kappa shape index (κ3) is 3.03. The zero-order chi connectivity index (χ0) is 14.8. The van der Waals surface area contributed by atoms with Gasteiger partial charge in [0.1, 0.15) is 5.03 Å². The number of nitrogens with zero attached hydrogens (tertiary/aromatic N) is 2. The first-order valence-corrected chi connectivity index (χ1v) is 6.23. The molecule has 0 radical (unpaired) electrons. The number of anilines is 1. The van der Waals surface area contributed by atoms with E-state index in [-0.39, 0.29) is 0 Å². The van der Waals surface area contributed by atoms with E-state index in [1.54, 1.807) is 12.1 Å². The Hall–Kier alpha value is -2.20. The van der Waals surface area contributed by atoms with Gasteiger partial charge in [-0.1, -0.05) is 11.8 Å². The molecule has 0 fully saturated rings. The SMILES string of the molecule is N#Cc1ccc(Sc2ncccc2N)cc1C(F)(F)F. The number of hydrogen-bond donors (Lipinski definition) is 1. The lowest BCUT2D eigenvalue weighted by Crippen LogP contribution is -2.07. The maximum Gasteiger partial charge on any atom is 0.417 e. The van der Waals surface area contributed by atoms with E-state index in [0.29, 0.717) is 15.6 Å². The predicted molar refractivity (Wildman–Crippen MR) is 68.9 cm³/mol. The first-order valence-electron chi connectivity index (χ1n) is 5.41. The number of halogens is 3. The van der Waals surface area contributed by atoms with Crippen molar-refractivity contribution in [2.75, 3.05) is 5.73 Å². The Balaban J connectivity index is 2.40. The highest BCUT2D eigenvalue weighted by atomic mass is 32.2. The third-order valence-corrected chi connectivity index (χ3v) is 3.46. The van der Waals surface area contributed by atoms with E-state index in [0.717, 1.165) is 23.9 Å². The van der Waals surface area contributed by atoms with Gasteiger partial charge in [0.2, 0.25) is 0 Å². The predicted octanol–water partition coefficient (Wildman–Crippen LogP) is 3.71. The van der Waals surface area contributed by atoms with Gasteiger partial charge in [-0.3, -0.25) is 0 Å². The fourth-order valence-corrected chi connectivity index (χ4v) is 2.35. The summed E-state index contributed by atoms with van der Waals surface area (Å²) in [4.78, 5) is 4.32. The number of nitrogen functional groups attached to an aromatic ring is 1. The number of benzene rings is 1. The van der Waals surface area contributed by atoms with Gasteiger partial charge in [-0.05, 0) is 30.3 Å². The van der Waals surface area contributed by atoms with E-state index in [4.69, 9.17) is 11.0 Å². The molecule has 0 aliphatic carbocycles. The summed E-state index contributed by atoms with van der Waals surface area (Å²) in [6, 6.07) is 8.30. The van der Waals surface area contributed by atoms with Crippen LogP contribution in [0.3, 0.4) is 0 Å². The molecule has 3 nitrogen and oxygen atoms in total. The average molecular weight is 295 g/mol. The van der Waals surface area contributed by atoms with E-state index in [2.05, 4.69) is 4.98 Å². The van der Waals surface area contributed by atoms with Gasteiger partial charge < -0.3 is 5.73 Å². The quantitative estimate of drug-likeness (QED) is 0.917. The first-order chi connectivity index (χ1) is 9.41. The smallest absolute Gasteiger partial charge is 0.397 e. The van der Waals surface area contributed by atoms with E-state index in [1.807, 2.05) is 0 Å². The standard InChI is InChI=1S/C13H8F3N3S/c14-13(15,16)10-6-9(4-3-8(10)7-17)20-12-11(18)2-1-5-19-12/h1-6H,18H2. The highest BCUT2D eigenvalue weighted by Crippen LogP contribution is 2.37. The van der Waals surface area contributed by atoms with Crippen molar-refractivity contribution in [1.82, 2.24) is 4.98 Å². The van der Waals surface area contributed by atoms with Crippen LogP contribution >= 0.6 is 11.8 Å². The molecule has 102 valence electrons. The van der Waals surface area contributed by atoms with Gasteiger partial charge in [-0.25, -0.2) is 4.98 Å². The monoisotopic (exact) mass is 295 g/mol. The molecule has 2 rings (SSSR count). The van der Waals surface area contributed by atoms with E-state index in [9.17, 15) is 13.2 Å². The summed E-state index contributed by atoms with van der Waals surface area (Å²) in [5, 5.41) is 9.14. The molecule has 7 heteroatoms. The van der Waals surface area contributed by atoms with Crippen molar-refractivity contribution in [2.45, 2.75) is 16.1 Å². The van der Waals surface area contributed by atoms with Crippen LogP contribution in [0.4, 0.5) is 18.9 Å². The lowest BCUT2D eigenvalue weighted by molar-refractivity contribution is -0.137. The maximum absolute atomic E-state index is 12.8. The number of aromatic nitrogens is 1. The topological polar surface area (TPSA) is 62.7 Å². The van der Waals surface area contributed by atoms with Crippen LogP contribution in [-0.2, 0) is 6.18 Å². The minimum Gasteiger partial charge on any atom is -0.397 e. The molecule has 20 heavy (non-hydrogen) atoms. The van der Waals surface area contributed by atoms with Gasteiger partial charge in [0.15, 0.2) is 0 Å². The zero-order valence-corrected chi connectivity index (χ0v) is 10.8. The molecular weight excluding hydrogens is 287 g/mol. The molecule has 2 aromatic rings. The van der Waals surface area contributed by atoms with Gasteiger partial charge in [0.05, 0.1) is 22.9 Å². The summed E-state index contributed by atoms with van der Waals surface area (Å²) in [5.74, 6) is 0. The van der Waals surface area contributed by atoms with Gasteiger partial charge in [-0.15, -0.1) is 0 Å². The van der Waals surface area contributed by atoms with Crippen LogP contribution in [0.15, 0.2) is 46.5 Å². The summed E-state index contributed by atoms with van der Waals surface area (Å²) >= 11 is 1.02. The zero-order valence-electron chi connectivity index (χ0n) is 9.98. The van der Waals surface area contributed by atoms with Crippen LogP contribution in [0.1, 0.15) is 11.1 Å². The molecule has 0 aliphatic heterocycles. The Morgan fingerprint density at radius 3 is 2.60 bits per heavy atom. The van der Waals surface area contributed by atoms with Gasteiger partial charge in [0, 0.05) is 11.1 Å². The molecule has 0 atom stereocenters. The molecule has 0 saturated carbocycles. The highest BCUT2D eigenvalue weighted by Gasteiger charge is 2.33. The summed E-state index contributed by atoms with van der Waals surface area (Å²) in [6.07, 6.45) is -3.07. The van der Waals surface area contributed by atoms with Gasteiger partial charge in [-0.2, -0.15) is 18.4 Å². The Kier molecular flexibility index (Phi) is 3.86. The minimum atomic E-state index is -4.57. The Morgan fingerprint density at radius 1 is 1.25 bits per heavy atom. The number of nitriles is 1. The van der Waals surface area contributed by atoms with Crippen molar-refractivity contribution >= 4 is 17.4 Å². The fraction of sp³-hybridized carbons (Fsp3) is 0.0769. The lowest BCUT2D eigenvalue weighted by Gasteiger charge is -2.10. The Morgan fingerprint density at radius 2 is 2.00 bits per heavy atom. The molecule has 0 bridgehead atoms. The van der Waals surface area contributed by atoms with E-state index in [1.165, 1.54) is 18.3 Å². The second kappa shape index (κ2) is 5.43. The average Bonchev–Trinajstić information content (AvgIpc) is 2.40. The Labute approximate surface area is 117 Å². The third-order valence-electron chi connectivity index (χ3n) is 2.43. The van der Waals surface area contributed by atoms with Crippen LogP contribution in [0.25, 0.3) is 0 Å². The number of rotatable bonds is 2. The molecular formula is C13H8F3N3S. The number of nitrogens with two attached hydrogens (primary N) is 1. The normalized spacial score (nSPS) is 11.1. The van der Waals surface area contributed by atoms with Crippen LogP contribution in [-0.4, -0.2) is 4.98 Å². The number of alkyl halides is 3. The van der Waals surface area contributed by atoms with Gasteiger partial charge >= 0.3 is 6.18 Å². The molecule has 0 unspecified atom stereocenters. The van der Waals surface area contributed by atoms with Gasteiger partial charge in [0.25, 0.3) is 0 Å². The van der Waals surface area contributed by atoms with Crippen LogP contribution in [0.5, 0.6) is 0 Å². The molecule has 0 spiro atoms. The number of hydrogen-bond acceptors (Lipinski definition) is 4. The summed E-state index contributed by atoms with van der Waals surface area (Å²) < 4.78 is 38.5. The summed E-state index contributed by atoms with van der Waals surface area (Å²) in [6.45, 7) is 0. The molecule has 1 aromatic heterocycles. The molecule has 1 heterocycles. The molecule has 1 aromatic carbocycles. The lowest BCUT2D eigenvalue weighted by atomic mass is 10.1. The first kappa shape index (κ1) is 14.2. The second-order valence-corrected chi connectivity index (χ2v) is 4.88. The maximum atomic E-state index is 12.8. The van der Waals surface area contributed by atoms with E-state index >= 15 is 0 Å². The summed E-state index contributed by atoms with van der Waals surface area (Å²) in [5.41, 5.74) is 4.71. The Bertz CT molecular complexity index is 677. The van der Waals surface area contributed by atoms with Crippen molar-refractivity contribution in [3.05, 3.63) is 47.7 Å². The molecule has 0 amide bonds. The van der Waals surface area contributed by atoms with Crippen molar-refractivity contribution < 1.29 is 13.2 Å². The van der Waals surface area contributed by atoms with Crippen LogP contribution < -0.4 is 5.73 Å². The van der Waals surface area contributed by atoms with Crippen molar-refractivity contribution in [3.8, 4) is 6.07 Å². The minimum absolute atomic E-state index is 0.321. The number of pyridine rings is 1. The fourth-order valence-electron chi connectivity index (χ4n) is 1.52. The van der Waals surface area contributed by atoms with E-state index < -0.39 is 17.3 Å². The van der Waals surface area contributed by atoms with Crippen LogP contribution in [0, 0.1) is 11.3 Å². The van der Waals surface area contributed by atoms with Crippen LogP contribution in [0.2, 0.25) is 0 Å². The largest absolute Gasteiger partial charge is 0.417 e. The second-order valence-electron chi connectivity index (χ2n) is 3.82. The van der Waals surface area contributed by atoms with Crippen molar-refractivity contribution in [3.63, 3.8) is 0 Å².